The number of esters is 1. The fourth-order valence-electron chi connectivity index (χ4n) is 2.58. The maximum atomic E-state index is 13.4. The summed E-state index contributed by atoms with van der Waals surface area (Å²) < 4.78 is 44.1. The largest absolute Gasteiger partial charge is 0.462 e. The number of aromatic nitrogens is 1. The Morgan fingerprint density at radius 3 is 2.54 bits per heavy atom. The summed E-state index contributed by atoms with van der Waals surface area (Å²) in [5.41, 5.74) is 1.40. The van der Waals surface area contributed by atoms with Crippen molar-refractivity contribution in [1.29, 1.82) is 0 Å². The van der Waals surface area contributed by atoms with Gasteiger partial charge in [-0.15, -0.1) is 0 Å². The van der Waals surface area contributed by atoms with Gasteiger partial charge in [-0.2, -0.15) is 0 Å². The highest BCUT2D eigenvalue weighted by Crippen LogP contribution is 2.29. The van der Waals surface area contributed by atoms with Gasteiger partial charge >= 0.3 is 5.97 Å². The molecule has 0 bridgehead atoms. The first-order chi connectivity index (χ1) is 12.4. The van der Waals surface area contributed by atoms with Gasteiger partial charge in [0.2, 0.25) is 9.84 Å². The number of sulfone groups is 1. The molecule has 26 heavy (non-hydrogen) atoms. The van der Waals surface area contributed by atoms with Crippen molar-refractivity contribution >= 4 is 15.8 Å². The minimum absolute atomic E-state index is 0.106. The highest BCUT2D eigenvalue weighted by Gasteiger charge is 2.23. The van der Waals surface area contributed by atoms with E-state index in [4.69, 9.17) is 4.74 Å². The van der Waals surface area contributed by atoms with Crippen molar-refractivity contribution in [3.8, 4) is 11.1 Å². The maximum Gasteiger partial charge on any atom is 0.338 e. The Hall–Kier alpha value is -2.93. The summed E-state index contributed by atoms with van der Waals surface area (Å²) >= 11 is 0. The number of hydrogen-bond acceptors (Lipinski definition) is 4. The van der Waals surface area contributed by atoms with Crippen molar-refractivity contribution in [2.24, 2.45) is 0 Å². The Labute approximate surface area is 150 Å². The minimum atomic E-state index is -3.97. The highest BCUT2D eigenvalue weighted by molar-refractivity contribution is 7.91. The summed E-state index contributed by atoms with van der Waals surface area (Å²) in [5.74, 6) is -1.28. The second-order valence-corrected chi connectivity index (χ2v) is 7.44. The van der Waals surface area contributed by atoms with Gasteiger partial charge < -0.3 is 9.72 Å². The van der Waals surface area contributed by atoms with E-state index < -0.39 is 21.6 Å². The van der Waals surface area contributed by atoms with E-state index >= 15 is 0 Å². The van der Waals surface area contributed by atoms with E-state index in [0.29, 0.717) is 5.56 Å². The number of H-pyrrole nitrogens is 1. The zero-order chi connectivity index (χ0) is 18.7. The number of ether oxygens (including phenoxy) is 1. The van der Waals surface area contributed by atoms with Crippen LogP contribution in [0, 0.1) is 5.82 Å². The van der Waals surface area contributed by atoms with Gasteiger partial charge in [0.1, 0.15) is 5.82 Å². The topological polar surface area (TPSA) is 76.2 Å². The SMILES string of the molecule is CCOC(=O)c1cc(S(=O)(=O)c2cccc(F)c2)ccc1-c1cc[nH]c1. The second-order valence-electron chi connectivity index (χ2n) is 5.49. The van der Waals surface area contributed by atoms with E-state index in [9.17, 15) is 17.6 Å². The molecule has 0 saturated heterocycles. The lowest BCUT2D eigenvalue weighted by atomic mass is 10.0. The van der Waals surface area contributed by atoms with E-state index in [1.54, 1.807) is 31.5 Å². The van der Waals surface area contributed by atoms with Gasteiger partial charge in [0.25, 0.3) is 0 Å². The van der Waals surface area contributed by atoms with Crippen LogP contribution in [0.1, 0.15) is 17.3 Å². The number of carbonyl (C=O) groups is 1. The third-order valence-electron chi connectivity index (χ3n) is 3.81. The average molecular weight is 373 g/mol. The molecule has 7 heteroatoms. The first-order valence-electron chi connectivity index (χ1n) is 7.88. The number of benzene rings is 2. The Bertz CT molecular complexity index is 1040. The molecule has 3 aromatic rings. The molecular formula is C19H16FNO4S. The van der Waals surface area contributed by atoms with E-state index in [-0.39, 0.29) is 22.0 Å². The summed E-state index contributed by atoms with van der Waals surface area (Å²) in [7, 11) is -3.97. The summed E-state index contributed by atoms with van der Waals surface area (Å²) in [6.07, 6.45) is 3.39. The molecule has 2 aromatic carbocycles. The number of hydrogen-bond donors (Lipinski definition) is 1. The predicted octanol–water partition coefficient (Wildman–Crippen LogP) is 3.83. The molecule has 0 radical (unpaired) electrons. The van der Waals surface area contributed by atoms with Gasteiger partial charge in [-0.25, -0.2) is 17.6 Å². The number of rotatable bonds is 5. The van der Waals surface area contributed by atoms with Crippen LogP contribution < -0.4 is 0 Å². The van der Waals surface area contributed by atoms with E-state index in [1.165, 1.54) is 24.3 Å². The first kappa shape index (κ1) is 17.9. The Morgan fingerprint density at radius 1 is 1.12 bits per heavy atom. The van der Waals surface area contributed by atoms with Crippen LogP contribution in [0.3, 0.4) is 0 Å². The van der Waals surface area contributed by atoms with Gasteiger partial charge in [-0.05, 0) is 54.4 Å². The van der Waals surface area contributed by atoms with Crippen LogP contribution in [0.4, 0.5) is 4.39 Å². The zero-order valence-electron chi connectivity index (χ0n) is 13.9. The van der Waals surface area contributed by atoms with Crippen molar-refractivity contribution in [2.45, 2.75) is 16.7 Å². The lowest BCUT2D eigenvalue weighted by Crippen LogP contribution is -2.09. The predicted molar refractivity (Wildman–Crippen MR) is 94.0 cm³/mol. The van der Waals surface area contributed by atoms with Gasteiger partial charge in [0.15, 0.2) is 0 Å². The molecule has 0 saturated carbocycles. The molecule has 134 valence electrons. The van der Waals surface area contributed by atoms with Crippen molar-refractivity contribution in [3.63, 3.8) is 0 Å². The van der Waals surface area contributed by atoms with Crippen molar-refractivity contribution < 1.29 is 22.3 Å². The lowest BCUT2D eigenvalue weighted by molar-refractivity contribution is 0.0527. The molecule has 3 rings (SSSR count). The van der Waals surface area contributed by atoms with E-state index in [1.807, 2.05) is 0 Å². The Kier molecular flexibility index (Phi) is 4.90. The second kappa shape index (κ2) is 7.13. The molecule has 1 N–H and O–H groups in total. The lowest BCUT2D eigenvalue weighted by Gasteiger charge is -2.11. The molecule has 1 aromatic heterocycles. The molecule has 0 unspecified atom stereocenters. The average Bonchev–Trinajstić information content (AvgIpc) is 3.16. The quantitative estimate of drug-likeness (QED) is 0.690. The van der Waals surface area contributed by atoms with Crippen molar-refractivity contribution in [2.75, 3.05) is 6.61 Å². The third kappa shape index (κ3) is 3.39. The summed E-state index contributed by atoms with van der Waals surface area (Å²) in [4.78, 5) is 14.9. The van der Waals surface area contributed by atoms with Gasteiger partial charge in [-0.3, -0.25) is 0 Å². The molecule has 0 aliphatic rings. The smallest absolute Gasteiger partial charge is 0.338 e. The monoisotopic (exact) mass is 373 g/mol. The Morgan fingerprint density at radius 2 is 1.88 bits per heavy atom. The van der Waals surface area contributed by atoms with Gasteiger partial charge in [0, 0.05) is 12.4 Å². The highest BCUT2D eigenvalue weighted by atomic mass is 32.2. The first-order valence-corrected chi connectivity index (χ1v) is 9.37. The molecule has 1 heterocycles. The summed E-state index contributed by atoms with van der Waals surface area (Å²) in [6, 6.07) is 10.7. The summed E-state index contributed by atoms with van der Waals surface area (Å²) in [6.45, 7) is 1.83. The molecule has 0 fully saturated rings. The third-order valence-corrected chi connectivity index (χ3v) is 5.56. The molecule has 0 atom stereocenters. The van der Waals surface area contributed by atoms with Gasteiger partial charge in [0.05, 0.1) is 22.0 Å². The fourth-order valence-corrected chi connectivity index (χ4v) is 3.90. The minimum Gasteiger partial charge on any atom is -0.462 e. The van der Waals surface area contributed by atoms with Crippen LogP contribution in [0.2, 0.25) is 0 Å². The normalized spacial score (nSPS) is 11.3. The fraction of sp³-hybridized carbons (Fsp3) is 0.105. The molecule has 0 aliphatic heterocycles. The van der Waals surface area contributed by atoms with Gasteiger partial charge in [-0.1, -0.05) is 12.1 Å². The van der Waals surface area contributed by atoms with E-state index in [2.05, 4.69) is 4.98 Å². The number of carbonyl (C=O) groups excluding carboxylic acids is 1. The maximum absolute atomic E-state index is 13.4. The van der Waals surface area contributed by atoms with Crippen LogP contribution in [-0.4, -0.2) is 26.0 Å². The molecular weight excluding hydrogens is 357 g/mol. The molecule has 0 amide bonds. The number of halogens is 1. The van der Waals surface area contributed by atoms with Crippen LogP contribution in [-0.2, 0) is 14.6 Å². The van der Waals surface area contributed by atoms with Crippen molar-refractivity contribution in [1.82, 2.24) is 4.98 Å². The molecule has 5 nitrogen and oxygen atoms in total. The standard InChI is InChI=1S/C19H16FNO4S/c1-2-25-19(22)18-11-16(6-7-17(18)13-8-9-21-12-13)26(23,24)15-5-3-4-14(20)10-15/h3-12,21H,2H2,1H3. The Balaban J connectivity index is 2.15. The van der Waals surface area contributed by atoms with E-state index in [0.717, 1.165) is 17.7 Å². The van der Waals surface area contributed by atoms with Crippen LogP contribution >= 0.6 is 0 Å². The molecule has 0 spiro atoms. The zero-order valence-corrected chi connectivity index (χ0v) is 14.7. The summed E-state index contributed by atoms with van der Waals surface area (Å²) in [5, 5.41) is 0. The van der Waals surface area contributed by atoms with Crippen molar-refractivity contribution in [3.05, 3.63) is 72.3 Å². The number of aromatic amines is 1. The van der Waals surface area contributed by atoms with Crippen LogP contribution in [0.5, 0.6) is 0 Å². The van der Waals surface area contributed by atoms with Crippen LogP contribution in [0.15, 0.2) is 70.7 Å². The number of nitrogens with one attached hydrogen (secondary N) is 1. The van der Waals surface area contributed by atoms with Crippen LogP contribution in [0.25, 0.3) is 11.1 Å². The molecule has 0 aliphatic carbocycles.